The number of carboxylic acids is 1. The fraction of sp³-hybridized carbons (Fsp3) is 0. The molecule has 0 aliphatic rings. The first kappa shape index (κ1) is 14.8. The van der Waals surface area contributed by atoms with E-state index in [4.69, 9.17) is 16.7 Å². The molecule has 0 atom stereocenters. The number of anilines is 2. The Balaban J connectivity index is 2.07. The normalized spacial score (nSPS) is 10.0. The number of rotatable bonds is 3. The molecule has 0 aliphatic heterocycles. The maximum Gasteiger partial charge on any atom is 0.338 e. The topological polar surface area (TPSA) is 78.4 Å². The summed E-state index contributed by atoms with van der Waals surface area (Å²) in [6, 6.07) is 9.13. The zero-order valence-electron chi connectivity index (χ0n) is 10.6. The SMILES string of the molecule is O=C(Nc1ccc(Cl)cc1)Nc1ccc(F)c(C(=O)O)c1. The van der Waals surface area contributed by atoms with E-state index in [1.807, 2.05) is 0 Å². The lowest BCUT2D eigenvalue weighted by Gasteiger charge is -2.08. The van der Waals surface area contributed by atoms with Crippen molar-refractivity contribution in [3.8, 4) is 0 Å². The van der Waals surface area contributed by atoms with Crippen molar-refractivity contribution < 1.29 is 19.1 Å². The third-order valence-corrected chi connectivity index (χ3v) is 2.81. The Labute approximate surface area is 124 Å². The van der Waals surface area contributed by atoms with Crippen LogP contribution in [-0.4, -0.2) is 17.1 Å². The molecule has 0 unspecified atom stereocenters. The number of aromatic carboxylic acids is 1. The highest BCUT2D eigenvalue weighted by Crippen LogP contribution is 2.16. The van der Waals surface area contributed by atoms with Gasteiger partial charge in [-0.15, -0.1) is 0 Å². The Morgan fingerprint density at radius 3 is 2.19 bits per heavy atom. The standard InChI is InChI=1S/C14H10ClFN2O3/c15-8-1-3-9(4-2-8)17-14(21)18-10-5-6-12(16)11(7-10)13(19)20/h1-7H,(H,19,20)(H2,17,18,21). The second-order valence-corrected chi connectivity index (χ2v) is 4.52. The molecule has 0 saturated carbocycles. The molecule has 0 heterocycles. The molecule has 21 heavy (non-hydrogen) atoms. The van der Waals surface area contributed by atoms with Crippen molar-refractivity contribution in [3.05, 3.63) is 58.9 Å². The van der Waals surface area contributed by atoms with Gasteiger partial charge >= 0.3 is 12.0 Å². The van der Waals surface area contributed by atoms with Crippen LogP contribution in [0.2, 0.25) is 5.02 Å². The maximum absolute atomic E-state index is 13.2. The lowest BCUT2D eigenvalue weighted by Crippen LogP contribution is -2.19. The van der Waals surface area contributed by atoms with Crippen LogP contribution in [0.1, 0.15) is 10.4 Å². The highest BCUT2D eigenvalue weighted by atomic mass is 35.5. The van der Waals surface area contributed by atoms with Crippen LogP contribution in [0.5, 0.6) is 0 Å². The Morgan fingerprint density at radius 2 is 1.57 bits per heavy atom. The third kappa shape index (κ3) is 3.93. The third-order valence-electron chi connectivity index (χ3n) is 2.56. The molecule has 0 aromatic heterocycles. The van der Waals surface area contributed by atoms with Gasteiger partial charge in [-0.25, -0.2) is 14.0 Å². The summed E-state index contributed by atoms with van der Waals surface area (Å²) in [5, 5.41) is 14.3. The van der Waals surface area contributed by atoms with E-state index in [9.17, 15) is 14.0 Å². The predicted octanol–water partition coefficient (Wildman–Crippen LogP) is 3.82. The van der Waals surface area contributed by atoms with E-state index in [2.05, 4.69) is 10.6 Å². The van der Waals surface area contributed by atoms with Crippen LogP contribution in [-0.2, 0) is 0 Å². The van der Waals surface area contributed by atoms with Gasteiger partial charge in [0.05, 0.1) is 5.56 Å². The molecule has 0 spiro atoms. The second kappa shape index (κ2) is 6.23. The first-order chi connectivity index (χ1) is 9.95. The number of carbonyl (C=O) groups excluding carboxylic acids is 1. The molecule has 5 nitrogen and oxygen atoms in total. The Kier molecular flexibility index (Phi) is 4.39. The van der Waals surface area contributed by atoms with Gasteiger partial charge in [-0.3, -0.25) is 0 Å². The zero-order valence-corrected chi connectivity index (χ0v) is 11.3. The number of hydrogen-bond acceptors (Lipinski definition) is 2. The maximum atomic E-state index is 13.2. The molecule has 0 radical (unpaired) electrons. The van der Waals surface area contributed by atoms with Crippen molar-refractivity contribution in [1.29, 1.82) is 0 Å². The van der Waals surface area contributed by atoms with Gasteiger partial charge in [-0.2, -0.15) is 0 Å². The Bertz CT molecular complexity index is 689. The first-order valence-electron chi connectivity index (χ1n) is 5.82. The number of amides is 2. The quantitative estimate of drug-likeness (QED) is 0.806. The average Bonchev–Trinajstić information content (AvgIpc) is 2.43. The largest absolute Gasteiger partial charge is 0.478 e. The molecule has 2 rings (SSSR count). The molecule has 2 aromatic carbocycles. The average molecular weight is 309 g/mol. The van der Waals surface area contributed by atoms with E-state index in [1.165, 1.54) is 6.07 Å². The number of halogens is 2. The number of hydrogen-bond donors (Lipinski definition) is 3. The smallest absolute Gasteiger partial charge is 0.338 e. The summed E-state index contributed by atoms with van der Waals surface area (Å²) < 4.78 is 13.2. The minimum Gasteiger partial charge on any atom is -0.478 e. The van der Waals surface area contributed by atoms with Gasteiger partial charge in [0, 0.05) is 16.4 Å². The van der Waals surface area contributed by atoms with Gasteiger partial charge in [0.1, 0.15) is 5.82 Å². The summed E-state index contributed by atoms with van der Waals surface area (Å²) in [5.74, 6) is -2.28. The summed E-state index contributed by atoms with van der Waals surface area (Å²) in [7, 11) is 0. The van der Waals surface area contributed by atoms with Gasteiger partial charge in [0.25, 0.3) is 0 Å². The van der Waals surface area contributed by atoms with Crippen molar-refractivity contribution in [2.45, 2.75) is 0 Å². The number of urea groups is 1. The highest BCUT2D eigenvalue weighted by Gasteiger charge is 2.12. The first-order valence-corrected chi connectivity index (χ1v) is 6.20. The molecule has 2 aromatic rings. The van der Waals surface area contributed by atoms with Crippen molar-refractivity contribution >= 4 is 35.0 Å². The van der Waals surface area contributed by atoms with Gasteiger partial charge in [-0.1, -0.05) is 11.6 Å². The van der Waals surface area contributed by atoms with Crippen LogP contribution < -0.4 is 10.6 Å². The summed E-state index contributed by atoms with van der Waals surface area (Å²) in [6.07, 6.45) is 0. The second-order valence-electron chi connectivity index (χ2n) is 4.09. The molecule has 7 heteroatoms. The van der Waals surface area contributed by atoms with Crippen LogP contribution in [0.15, 0.2) is 42.5 Å². The zero-order chi connectivity index (χ0) is 15.4. The summed E-state index contributed by atoms with van der Waals surface area (Å²) in [5.41, 5.74) is 0.164. The van der Waals surface area contributed by atoms with Crippen LogP contribution in [0.3, 0.4) is 0 Å². The van der Waals surface area contributed by atoms with E-state index >= 15 is 0 Å². The minimum atomic E-state index is -1.41. The molecule has 0 bridgehead atoms. The van der Waals surface area contributed by atoms with Crippen LogP contribution in [0, 0.1) is 5.82 Å². The van der Waals surface area contributed by atoms with Crippen molar-refractivity contribution in [3.63, 3.8) is 0 Å². The van der Waals surface area contributed by atoms with Gasteiger partial charge in [0.15, 0.2) is 0 Å². The molecule has 0 fully saturated rings. The molecule has 2 amide bonds. The minimum absolute atomic E-state index is 0.167. The molecule has 0 aliphatic carbocycles. The summed E-state index contributed by atoms with van der Waals surface area (Å²) in [4.78, 5) is 22.5. The Hall–Kier alpha value is -2.60. The van der Waals surface area contributed by atoms with Gasteiger partial charge < -0.3 is 15.7 Å². The fourth-order valence-corrected chi connectivity index (χ4v) is 1.72. The van der Waals surface area contributed by atoms with Crippen molar-refractivity contribution in [2.75, 3.05) is 10.6 Å². The summed E-state index contributed by atoms with van der Waals surface area (Å²) >= 11 is 5.72. The highest BCUT2D eigenvalue weighted by molar-refractivity contribution is 6.30. The fourth-order valence-electron chi connectivity index (χ4n) is 1.59. The van der Waals surface area contributed by atoms with Crippen LogP contribution in [0.25, 0.3) is 0 Å². The molecule has 108 valence electrons. The lowest BCUT2D eigenvalue weighted by molar-refractivity contribution is 0.0692. The van der Waals surface area contributed by atoms with Crippen LogP contribution in [0.4, 0.5) is 20.6 Å². The van der Waals surface area contributed by atoms with E-state index in [0.29, 0.717) is 10.7 Å². The van der Waals surface area contributed by atoms with E-state index in [1.54, 1.807) is 24.3 Å². The number of carboxylic acid groups (broad SMARTS) is 1. The summed E-state index contributed by atoms with van der Waals surface area (Å²) in [6.45, 7) is 0. The van der Waals surface area contributed by atoms with E-state index in [-0.39, 0.29) is 5.69 Å². The molecular formula is C14H10ClFN2O3. The van der Waals surface area contributed by atoms with Crippen molar-refractivity contribution in [1.82, 2.24) is 0 Å². The molecular weight excluding hydrogens is 299 g/mol. The van der Waals surface area contributed by atoms with Gasteiger partial charge in [-0.05, 0) is 42.5 Å². The van der Waals surface area contributed by atoms with E-state index < -0.39 is 23.4 Å². The van der Waals surface area contributed by atoms with Gasteiger partial charge in [0.2, 0.25) is 0 Å². The van der Waals surface area contributed by atoms with Crippen LogP contribution >= 0.6 is 11.6 Å². The van der Waals surface area contributed by atoms with Crippen molar-refractivity contribution in [2.24, 2.45) is 0 Å². The Morgan fingerprint density at radius 1 is 1.00 bits per heavy atom. The lowest BCUT2D eigenvalue weighted by atomic mass is 10.2. The number of carbonyl (C=O) groups is 2. The number of nitrogens with one attached hydrogen (secondary N) is 2. The van der Waals surface area contributed by atoms with E-state index in [0.717, 1.165) is 12.1 Å². The molecule has 0 saturated heterocycles. The molecule has 3 N–H and O–H groups in total. The predicted molar refractivity (Wildman–Crippen MR) is 77.5 cm³/mol. The monoisotopic (exact) mass is 308 g/mol. The number of benzene rings is 2.